The minimum absolute atomic E-state index is 0.0449. The minimum Gasteiger partial charge on any atom is -0.337 e. The Labute approximate surface area is 158 Å². The van der Waals surface area contributed by atoms with Gasteiger partial charge in [0.2, 0.25) is 0 Å². The summed E-state index contributed by atoms with van der Waals surface area (Å²) in [7, 11) is 0. The van der Waals surface area contributed by atoms with E-state index in [-0.39, 0.29) is 11.7 Å². The van der Waals surface area contributed by atoms with Crippen LogP contribution in [0.1, 0.15) is 38.5 Å². The first-order valence-electron chi connectivity index (χ1n) is 9.14. The zero-order valence-corrected chi connectivity index (χ0v) is 15.2. The summed E-state index contributed by atoms with van der Waals surface area (Å²) in [6, 6.07) is 16.9. The molecule has 2 heterocycles. The second-order valence-electron chi connectivity index (χ2n) is 7.11. The lowest BCUT2D eigenvalue weighted by molar-refractivity contribution is 0.0601. The van der Waals surface area contributed by atoms with Crippen molar-refractivity contribution in [1.82, 2.24) is 9.88 Å². The molecule has 0 spiro atoms. The third kappa shape index (κ3) is 3.61. The van der Waals surface area contributed by atoms with Gasteiger partial charge in [0.25, 0.3) is 5.91 Å². The second kappa shape index (κ2) is 7.31. The summed E-state index contributed by atoms with van der Waals surface area (Å²) in [5.74, 6) is 0.207. The number of halogens is 1. The summed E-state index contributed by atoms with van der Waals surface area (Å²) in [6.07, 6.45) is 4.12. The quantitative estimate of drug-likeness (QED) is 0.693. The first-order chi connectivity index (χ1) is 13.1. The maximum atomic E-state index is 13.9. The molecule has 136 valence electrons. The van der Waals surface area contributed by atoms with Crippen LogP contribution in [-0.2, 0) is 6.42 Å². The van der Waals surface area contributed by atoms with Gasteiger partial charge >= 0.3 is 0 Å². The van der Waals surface area contributed by atoms with E-state index in [0.29, 0.717) is 23.5 Å². The molecule has 4 rings (SSSR count). The van der Waals surface area contributed by atoms with Crippen LogP contribution in [0, 0.1) is 12.7 Å². The third-order valence-corrected chi connectivity index (χ3v) is 5.22. The van der Waals surface area contributed by atoms with Crippen molar-refractivity contribution < 1.29 is 9.18 Å². The van der Waals surface area contributed by atoms with Gasteiger partial charge in [-0.3, -0.25) is 9.78 Å². The molecule has 0 radical (unpaired) electrons. The molecule has 1 aromatic heterocycles. The van der Waals surface area contributed by atoms with Crippen LogP contribution in [0.2, 0.25) is 0 Å². The van der Waals surface area contributed by atoms with Crippen molar-refractivity contribution in [1.29, 1.82) is 0 Å². The standard InChI is InChI=1S/C23H21FN2O/c1-16-6-7-17(13-22(16)24)12-19-4-2-3-5-21(19)23(27)26-14-20(15-26)18-8-10-25-11-9-18/h2-11,13,20H,12,14-15H2,1H3. The summed E-state index contributed by atoms with van der Waals surface area (Å²) < 4.78 is 13.9. The van der Waals surface area contributed by atoms with Gasteiger partial charge in [-0.15, -0.1) is 0 Å². The highest BCUT2D eigenvalue weighted by molar-refractivity contribution is 5.96. The minimum atomic E-state index is -0.209. The molecule has 2 aromatic carbocycles. The molecule has 0 unspecified atom stereocenters. The van der Waals surface area contributed by atoms with Crippen LogP contribution in [0.15, 0.2) is 67.0 Å². The summed E-state index contributed by atoms with van der Waals surface area (Å²) in [5.41, 5.74) is 4.35. The van der Waals surface area contributed by atoms with Crippen molar-refractivity contribution in [2.75, 3.05) is 13.1 Å². The Morgan fingerprint density at radius 2 is 1.85 bits per heavy atom. The molecular weight excluding hydrogens is 339 g/mol. The topological polar surface area (TPSA) is 33.2 Å². The lowest BCUT2D eigenvalue weighted by atomic mass is 9.90. The highest BCUT2D eigenvalue weighted by atomic mass is 19.1. The van der Waals surface area contributed by atoms with Crippen molar-refractivity contribution in [3.8, 4) is 0 Å². The predicted molar refractivity (Wildman–Crippen MR) is 103 cm³/mol. The summed E-state index contributed by atoms with van der Waals surface area (Å²) >= 11 is 0. The Kier molecular flexibility index (Phi) is 4.71. The van der Waals surface area contributed by atoms with E-state index in [1.54, 1.807) is 31.5 Å². The number of hydrogen-bond donors (Lipinski definition) is 0. The van der Waals surface area contributed by atoms with Crippen molar-refractivity contribution in [3.05, 3.63) is 101 Å². The Morgan fingerprint density at radius 3 is 2.59 bits per heavy atom. The molecule has 27 heavy (non-hydrogen) atoms. The van der Waals surface area contributed by atoms with Gasteiger partial charge in [-0.05, 0) is 59.9 Å². The number of rotatable bonds is 4. The number of aromatic nitrogens is 1. The lowest BCUT2D eigenvalue weighted by Crippen LogP contribution is -2.48. The molecule has 1 amide bonds. The van der Waals surface area contributed by atoms with Gasteiger partial charge in [0, 0.05) is 37.0 Å². The number of benzene rings is 2. The van der Waals surface area contributed by atoms with Gasteiger partial charge in [0.15, 0.2) is 0 Å². The number of aryl methyl sites for hydroxylation is 1. The van der Waals surface area contributed by atoms with Gasteiger partial charge in [-0.25, -0.2) is 4.39 Å². The molecule has 1 aliphatic rings. The Hall–Kier alpha value is -3.01. The Morgan fingerprint density at radius 1 is 1.11 bits per heavy atom. The molecule has 4 heteroatoms. The highest BCUT2D eigenvalue weighted by Crippen LogP contribution is 2.29. The number of hydrogen-bond acceptors (Lipinski definition) is 2. The molecule has 3 aromatic rings. The number of carbonyl (C=O) groups excluding carboxylic acids is 1. The molecule has 1 aliphatic heterocycles. The van der Waals surface area contributed by atoms with E-state index in [0.717, 1.165) is 24.2 Å². The fourth-order valence-electron chi connectivity index (χ4n) is 3.51. The number of carbonyl (C=O) groups is 1. The van der Waals surface area contributed by atoms with Crippen LogP contribution in [0.4, 0.5) is 4.39 Å². The molecule has 0 aliphatic carbocycles. The van der Waals surface area contributed by atoms with E-state index in [2.05, 4.69) is 4.98 Å². The molecule has 0 bridgehead atoms. The molecule has 3 nitrogen and oxygen atoms in total. The molecule has 1 saturated heterocycles. The van der Waals surface area contributed by atoms with Gasteiger partial charge in [0.05, 0.1) is 0 Å². The summed E-state index contributed by atoms with van der Waals surface area (Å²) in [5, 5.41) is 0. The smallest absolute Gasteiger partial charge is 0.254 e. The average molecular weight is 360 g/mol. The molecule has 0 N–H and O–H groups in total. The normalized spacial score (nSPS) is 14.1. The van der Waals surface area contributed by atoms with Crippen molar-refractivity contribution >= 4 is 5.91 Å². The number of nitrogens with zero attached hydrogens (tertiary/aromatic N) is 2. The van der Waals surface area contributed by atoms with Crippen LogP contribution < -0.4 is 0 Å². The average Bonchev–Trinajstić information content (AvgIpc) is 2.65. The van der Waals surface area contributed by atoms with E-state index >= 15 is 0 Å². The summed E-state index contributed by atoms with van der Waals surface area (Å²) in [6.45, 7) is 3.19. The van der Waals surface area contributed by atoms with Gasteiger partial charge in [-0.2, -0.15) is 0 Å². The molecule has 0 atom stereocenters. The largest absolute Gasteiger partial charge is 0.337 e. The second-order valence-corrected chi connectivity index (χ2v) is 7.11. The molecule has 1 fully saturated rings. The molecular formula is C23H21FN2O. The van der Waals surface area contributed by atoms with E-state index < -0.39 is 0 Å². The van der Waals surface area contributed by atoms with E-state index in [1.807, 2.05) is 47.4 Å². The maximum absolute atomic E-state index is 13.9. The fraction of sp³-hybridized carbons (Fsp3) is 0.217. The van der Waals surface area contributed by atoms with E-state index in [4.69, 9.17) is 0 Å². The van der Waals surface area contributed by atoms with Crippen molar-refractivity contribution in [2.24, 2.45) is 0 Å². The van der Waals surface area contributed by atoms with E-state index in [9.17, 15) is 9.18 Å². The molecule has 0 saturated carbocycles. The first-order valence-corrected chi connectivity index (χ1v) is 9.14. The lowest BCUT2D eigenvalue weighted by Gasteiger charge is -2.40. The Balaban J connectivity index is 1.49. The predicted octanol–water partition coefficient (Wildman–Crippen LogP) is 4.36. The van der Waals surface area contributed by atoms with Crippen LogP contribution in [0.5, 0.6) is 0 Å². The van der Waals surface area contributed by atoms with Gasteiger partial charge in [-0.1, -0.05) is 30.3 Å². The zero-order valence-electron chi connectivity index (χ0n) is 15.2. The van der Waals surface area contributed by atoms with Crippen LogP contribution >= 0.6 is 0 Å². The number of pyridine rings is 1. The third-order valence-electron chi connectivity index (χ3n) is 5.22. The van der Waals surface area contributed by atoms with Crippen molar-refractivity contribution in [3.63, 3.8) is 0 Å². The number of likely N-dealkylation sites (tertiary alicyclic amines) is 1. The van der Waals surface area contributed by atoms with Crippen LogP contribution in [0.25, 0.3) is 0 Å². The van der Waals surface area contributed by atoms with Crippen molar-refractivity contribution in [2.45, 2.75) is 19.3 Å². The monoisotopic (exact) mass is 360 g/mol. The van der Waals surface area contributed by atoms with Gasteiger partial charge < -0.3 is 4.90 Å². The SMILES string of the molecule is Cc1ccc(Cc2ccccc2C(=O)N2CC(c3ccncc3)C2)cc1F. The first kappa shape index (κ1) is 17.4. The summed E-state index contributed by atoms with van der Waals surface area (Å²) in [4.78, 5) is 18.9. The zero-order chi connectivity index (χ0) is 18.8. The van der Waals surface area contributed by atoms with Crippen LogP contribution in [0.3, 0.4) is 0 Å². The Bertz CT molecular complexity index is 965. The highest BCUT2D eigenvalue weighted by Gasteiger charge is 2.32. The van der Waals surface area contributed by atoms with Crippen LogP contribution in [-0.4, -0.2) is 28.9 Å². The van der Waals surface area contributed by atoms with Gasteiger partial charge in [0.1, 0.15) is 5.82 Å². The fourth-order valence-corrected chi connectivity index (χ4v) is 3.51. The maximum Gasteiger partial charge on any atom is 0.254 e. The number of amides is 1. The van der Waals surface area contributed by atoms with E-state index in [1.165, 1.54) is 5.56 Å².